The van der Waals surface area contributed by atoms with Crippen molar-refractivity contribution in [1.29, 1.82) is 0 Å². The molecule has 1 saturated heterocycles. The molecule has 0 aromatic heterocycles. The van der Waals surface area contributed by atoms with Gasteiger partial charge in [0.25, 0.3) is 0 Å². The SMILES string of the molecule is CC(C)C(=O)N1CCN(Cc2ccc(Br)cc2)CC1. The van der Waals surface area contributed by atoms with Crippen molar-refractivity contribution in [3.63, 3.8) is 0 Å². The molecule has 0 spiro atoms. The number of benzene rings is 1. The molecule has 0 saturated carbocycles. The average Bonchev–Trinajstić information content (AvgIpc) is 2.41. The molecule has 0 N–H and O–H groups in total. The third-order valence-electron chi connectivity index (χ3n) is 3.50. The second-order valence-corrected chi connectivity index (χ2v) is 6.30. The van der Waals surface area contributed by atoms with E-state index < -0.39 is 0 Å². The first kappa shape index (κ1) is 14.5. The van der Waals surface area contributed by atoms with E-state index in [9.17, 15) is 4.79 Å². The molecule has 1 heterocycles. The third kappa shape index (κ3) is 4.05. The molecule has 1 amide bonds. The van der Waals surface area contributed by atoms with Gasteiger partial charge in [0.2, 0.25) is 5.91 Å². The second kappa shape index (κ2) is 6.53. The molecule has 1 fully saturated rings. The van der Waals surface area contributed by atoms with Crippen molar-refractivity contribution in [2.45, 2.75) is 20.4 Å². The Balaban J connectivity index is 1.83. The molecule has 0 radical (unpaired) electrons. The summed E-state index contributed by atoms with van der Waals surface area (Å²) in [4.78, 5) is 16.3. The molecule has 1 aliphatic rings. The molecule has 0 bridgehead atoms. The first-order valence-electron chi connectivity index (χ1n) is 6.82. The van der Waals surface area contributed by atoms with Crippen LogP contribution in [0, 0.1) is 5.92 Å². The Bertz CT molecular complexity index is 422. The summed E-state index contributed by atoms with van der Waals surface area (Å²) in [5.74, 6) is 0.390. The van der Waals surface area contributed by atoms with Crippen molar-refractivity contribution >= 4 is 21.8 Å². The van der Waals surface area contributed by atoms with Gasteiger partial charge in [0.1, 0.15) is 0 Å². The van der Waals surface area contributed by atoms with Crippen molar-refractivity contribution in [3.05, 3.63) is 34.3 Å². The molecule has 0 aliphatic carbocycles. The Hall–Kier alpha value is -0.870. The lowest BCUT2D eigenvalue weighted by molar-refractivity contribution is -0.136. The quantitative estimate of drug-likeness (QED) is 0.853. The zero-order valence-corrected chi connectivity index (χ0v) is 13.2. The number of hydrogen-bond acceptors (Lipinski definition) is 2. The van der Waals surface area contributed by atoms with Crippen molar-refractivity contribution in [2.75, 3.05) is 26.2 Å². The van der Waals surface area contributed by atoms with E-state index in [1.54, 1.807) is 0 Å². The van der Waals surface area contributed by atoms with Gasteiger partial charge in [-0.05, 0) is 17.7 Å². The van der Waals surface area contributed by atoms with Gasteiger partial charge in [-0.1, -0.05) is 41.9 Å². The number of hydrogen-bond donors (Lipinski definition) is 0. The molecular weight excluding hydrogens is 304 g/mol. The van der Waals surface area contributed by atoms with Gasteiger partial charge in [0, 0.05) is 43.1 Å². The minimum atomic E-state index is 0.109. The minimum Gasteiger partial charge on any atom is -0.340 e. The van der Waals surface area contributed by atoms with E-state index in [4.69, 9.17) is 0 Å². The standard InChI is InChI=1S/C15H21BrN2O/c1-12(2)15(19)18-9-7-17(8-10-18)11-13-3-5-14(16)6-4-13/h3-6,12H,7-11H2,1-2H3. The maximum Gasteiger partial charge on any atom is 0.225 e. The van der Waals surface area contributed by atoms with Gasteiger partial charge in [-0.15, -0.1) is 0 Å². The molecule has 0 unspecified atom stereocenters. The second-order valence-electron chi connectivity index (χ2n) is 5.38. The molecule has 3 nitrogen and oxygen atoms in total. The van der Waals surface area contributed by atoms with Gasteiger partial charge in [0.05, 0.1) is 0 Å². The summed E-state index contributed by atoms with van der Waals surface area (Å²) in [5.41, 5.74) is 1.33. The fourth-order valence-electron chi connectivity index (χ4n) is 2.34. The first-order valence-corrected chi connectivity index (χ1v) is 7.61. The molecule has 1 aliphatic heterocycles. The highest BCUT2D eigenvalue weighted by atomic mass is 79.9. The third-order valence-corrected chi connectivity index (χ3v) is 4.03. The van der Waals surface area contributed by atoms with Crippen LogP contribution in [0.25, 0.3) is 0 Å². The Morgan fingerprint density at radius 2 is 1.74 bits per heavy atom. The molecule has 0 atom stereocenters. The van der Waals surface area contributed by atoms with Crippen molar-refractivity contribution in [3.8, 4) is 0 Å². The summed E-state index contributed by atoms with van der Waals surface area (Å²) in [5, 5.41) is 0. The Morgan fingerprint density at radius 3 is 2.26 bits per heavy atom. The lowest BCUT2D eigenvalue weighted by atomic mass is 10.1. The Morgan fingerprint density at radius 1 is 1.16 bits per heavy atom. The summed E-state index contributed by atoms with van der Waals surface area (Å²) in [6.07, 6.45) is 0. The molecule has 4 heteroatoms. The highest BCUT2D eigenvalue weighted by Gasteiger charge is 2.22. The summed E-state index contributed by atoms with van der Waals surface area (Å²) >= 11 is 3.45. The van der Waals surface area contributed by atoms with Crippen molar-refractivity contribution in [2.24, 2.45) is 5.92 Å². The molecule has 1 aromatic rings. The van der Waals surface area contributed by atoms with Gasteiger partial charge in [0.15, 0.2) is 0 Å². The topological polar surface area (TPSA) is 23.6 Å². The van der Waals surface area contributed by atoms with E-state index in [2.05, 4.69) is 45.1 Å². The van der Waals surface area contributed by atoms with E-state index in [1.165, 1.54) is 5.56 Å². The van der Waals surface area contributed by atoms with Gasteiger partial charge in [-0.2, -0.15) is 0 Å². The van der Waals surface area contributed by atoms with Gasteiger partial charge >= 0.3 is 0 Å². The van der Waals surface area contributed by atoms with Crippen molar-refractivity contribution < 1.29 is 4.79 Å². The minimum absolute atomic E-state index is 0.109. The number of rotatable bonds is 3. The first-order chi connectivity index (χ1) is 9.06. The van der Waals surface area contributed by atoms with E-state index in [-0.39, 0.29) is 11.8 Å². The number of carbonyl (C=O) groups is 1. The lowest BCUT2D eigenvalue weighted by Crippen LogP contribution is -2.49. The highest BCUT2D eigenvalue weighted by Crippen LogP contribution is 2.14. The Labute approximate surface area is 123 Å². The van der Waals surface area contributed by atoms with Crippen LogP contribution in [0.1, 0.15) is 19.4 Å². The number of carbonyl (C=O) groups excluding carboxylic acids is 1. The zero-order valence-electron chi connectivity index (χ0n) is 11.6. The summed E-state index contributed by atoms with van der Waals surface area (Å²) in [6.45, 7) is 8.55. The fourth-order valence-corrected chi connectivity index (χ4v) is 2.60. The zero-order chi connectivity index (χ0) is 13.8. The maximum atomic E-state index is 11.9. The van der Waals surface area contributed by atoms with E-state index >= 15 is 0 Å². The van der Waals surface area contributed by atoms with Crippen molar-refractivity contribution in [1.82, 2.24) is 9.80 Å². The molecule has 19 heavy (non-hydrogen) atoms. The van der Waals surface area contributed by atoms with Crippen LogP contribution in [0.3, 0.4) is 0 Å². The predicted octanol–water partition coefficient (Wildman–Crippen LogP) is 2.75. The molecule has 2 rings (SSSR count). The summed E-state index contributed by atoms with van der Waals surface area (Å²) < 4.78 is 1.11. The van der Waals surface area contributed by atoms with E-state index in [0.717, 1.165) is 37.2 Å². The van der Waals surface area contributed by atoms with Gasteiger partial charge in [-0.3, -0.25) is 9.69 Å². The van der Waals surface area contributed by atoms with Crippen LogP contribution in [-0.2, 0) is 11.3 Å². The summed E-state index contributed by atoms with van der Waals surface area (Å²) in [7, 11) is 0. The fraction of sp³-hybridized carbons (Fsp3) is 0.533. The number of halogens is 1. The van der Waals surface area contributed by atoms with E-state index in [1.807, 2.05) is 18.7 Å². The smallest absolute Gasteiger partial charge is 0.225 e. The molecular formula is C15H21BrN2O. The van der Waals surface area contributed by atoms with Crippen LogP contribution < -0.4 is 0 Å². The Kier molecular flexibility index (Phi) is 4.99. The molecule has 1 aromatic carbocycles. The van der Waals surface area contributed by atoms with Crippen LogP contribution in [0.4, 0.5) is 0 Å². The number of piperazine rings is 1. The van der Waals surface area contributed by atoms with Crippen LogP contribution in [-0.4, -0.2) is 41.9 Å². The monoisotopic (exact) mass is 324 g/mol. The highest BCUT2D eigenvalue weighted by molar-refractivity contribution is 9.10. The van der Waals surface area contributed by atoms with Crippen LogP contribution in [0.2, 0.25) is 0 Å². The normalized spacial score (nSPS) is 16.9. The maximum absolute atomic E-state index is 11.9. The number of nitrogens with zero attached hydrogens (tertiary/aromatic N) is 2. The lowest BCUT2D eigenvalue weighted by Gasteiger charge is -2.35. The van der Waals surface area contributed by atoms with Crippen LogP contribution >= 0.6 is 15.9 Å². The summed E-state index contributed by atoms with van der Waals surface area (Å²) in [6, 6.07) is 8.45. The average molecular weight is 325 g/mol. The van der Waals surface area contributed by atoms with Gasteiger partial charge < -0.3 is 4.90 Å². The molecule has 104 valence electrons. The predicted molar refractivity (Wildman–Crippen MR) is 80.8 cm³/mol. The van der Waals surface area contributed by atoms with Crippen LogP contribution in [0.5, 0.6) is 0 Å². The van der Waals surface area contributed by atoms with Crippen LogP contribution in [0.15, 0.2) is 28.7 Å². The largest absolute Gasteiger partial charge is 0.340 e. The van der Waals surface area contributed by atoms with Gasteiger partial charge in [-0.25, -0.2) is 0 Å². The van der Waals surface area contributed by atoms with E-state index in [0.29, 0.717) is 0 Å². The number of amides is 1.